The molecule has 2 aromatic carbocycles. The Morgan fingerprint density at radius 2 is 1.29 bits per heavy atom. The van der Waals surface area contributed by atoms with Crippen molar-refractivity contribution in [1.82, 2.24) is 4.57 Å². The van der Waals surface area contributed by atoms with Crippen molar-refractivity contribution in [3.8, 4) is 28.7 Å². The summed E-state index contributed by atoms with van der Waals surface area (Å²) in [5.74, 6) is 1.58. The fourth-order valence-electron chi connectivity index (χ4n) is 3.32. The SMILES string of the molecule is COc1cc2c(C(=O)Nc3cc(OC)c(OC)c(OC)c3)cn(C)c(=O)c2cc1OC. The second-order valence-corrected chi connectivity index (χ2v) is 6.58. The Balaban J connectivity index is 2.13. The number of pyridine rings is 1. The number of hydrogen-bond acceptors (Lipinski definition) is 7. The van der Waals surface area contributed by atoms with Crippen molar-refractivity contribution < 1.29 is 28.5 Å². The van der Waals surface area contributed by atoms with E-state index < -0.39 is 5.91 Å². The number of nitrogens with zero attached hydrogens (tertiary/aromatic N) is 1. The monoisotopic (exact) mass is 428 g/mol. The third-order valence-electron chi connectivity index (χ3n) is 4.85. The fourth-order valence-corrected chi connectivity index (χ4v) is 3.32. The molecule has 31 heavy (non-hydrogen) atoms. The first-order valence-electron chi connectivity index (χ1n) is 9.25. The topological polar surface area (TPSA) is 97.3 Å². The molecule has 1 N–H and O–H groups in total. The number of anilines is 1. The molecule has 0 spiro atoms. The Hall–Kier alpha value is -3.88. The molecular weight excluding hydrogens is 404 g/mol. The van der Waals surface area contributed by atoms with E-state index >= 15 is 0 Å². The number of carbonyl (C=O) groups excluding carboxylic acids is 1. The molecular formula is C22H24N2O7. The molecule has 0 saturated carbocycles. The summed E-state index contributed by atoms with van der Waals surface area (Å²) in [4.78, 5) is 25.8. The van der Waals surface area contributed by atoms with Gasteiger partial charge in [0.15, 0.2) is 23.0 Å². The first-order valence-corrected chi connectivity index (χ1v) is 9.25. The highest BCUT2D eigenvalue weighted by atomic mass is 16.5. The molecule has 0 fully saturated rings. The van der Waals surface area contributed by atoms with Gasteiger partial charge in [0.2, 0.25) is 5.75 Å². The summed E-state index contributed by atoms with van der Waals surface area (Å²) in [5.41, 5.74) is 0.453. The van der Waals surface area contributed by atoms with Gasteiger partial charge in [0.25, 0.3) is 11.5 Å². The number of nitrogens with one attached hydrogen (secondary N) is 1. The van der Waals surface area contributed by atoms with E-state index in [4.69, 9.17) is 23.7 Å². The number of ether oxygens (including phenoxy) is 5. The Bertz CT molecular complexity index is 1180. The van der Waals surface area contributed by atoms with Crippen LogP contribution in [0.3, 0.4) is 0 Å². The van der Waals surface area contributed by atoms with Crippen LogP contribution in [0.4, 0.5) is 5.69 Å². The van der Waals surface area contributed by atoms with Gasteiger partial charge in [-0.25, -0.2) is 0 Å². The molecule has 9 nitrogen and oxygen atoms in total. The Labute approximate surface area is 179 Å². The van der Waals surface area contributed by atoms with E-state index in [0.29, 0.717) is 45.2 Å². The van der Waals surface area contributed by atoms with Gasteiger partial charge in [0.05, 0.1) is 46.5 Å². The van der Waals surface area contributed by atoms with Crippen LogP contribution in [-0.4, -0.2) is 46.0 Å². The van der Waals surface area contributed by atoms with Crippen LogP contribution in [0.2, 0.25) is 0 Å². The molecule has 0 unspecified atom stereocenters. The largest absolute Gasteiger partial charge is 0.493 e. The molecule has 3 aromatic rings. The summed E-state index contributed by atoms with van der Waals surface area (Å²) >= 11 is 0. The van der Waals surface area contributed by atoms with Crippen LogP contribution in [0.5, 0.6) is 28.7 Å². The van der Waals surface area contributed by atoms with Crippen LogP contribution < -0.4 is 34.6 Å². The standard InChI is InChI=1S/C22H24N2O7/c1-24-11-15(13-9-16(27-2)17(28-3)10-14(13)22(24)26)21(25)23-12-7-18(29-4)20(31-6)19(8-12)30-5/h7-11H,1-6H3,(H,23,25). The maximum absolute atomic E-state index is 13.2. The second-order valence-electron chi connectivity index (χ2n) is 6.58. The van der Waals surface area contributed by atoms with Gasteiger partial charge in [0, 0.05) is 36.5 Å². The van der Waals surface area contributed by atoms with Gasteiger partial charge in [-0.05, 0) is 12.1 Å². The predicted molar refractivity (Wildman–Crippen MR) is 116 cm³/mol. The molecule has 0 saturated heterocycles. The molecule has 1 aromatic heterocycles. The average Bonchev–Trinajstić information content (AvgIpc) is 2.79. The number of aromatic nitrogens is 1. The van der Waals surface area contributed by atoms with Crippen molar-refractivity contribution in [2.45, 2.75) is 0 Å². The van der Waals surface area contributed by atoms with Crippen molar-refractivity contribution in [3.05, 3.63) is 46.4 Å². The molecule has 164 valence electrons. The molecule has 0 radical (unpaired) electrons. The van der Waals surface area contributed by atoms with Gasteiger partial charge in [-0.2, -0.15) is 0 Å². The second kappa shape index (κ2) is 8.86. The third kappa shape index (κ3) is 3.94. The number of carbonyl (C=O) groups is 1. The number of benzene rings is 2. The van der Waals surface area contributed by atoms with Crippen molar-refractivity contribution in [3.63, 3.8) is 0 Å². The third-order valence-corrected chi connectivity index (χ3v) is 4.85. The van der Waals surface area contributed by atoms with E-state index in [-0.39, 0.29) is 11.1 Å². The highest BCUT2D eigenvalue weighted by molar-refractivity contribution is 6.13. The number of methoxy groups -OCH3 is 5. The van der Waals surface area contributed by atoms with Crippen molar-refractivity contribution >= 4 is 22.4 Å². The van der Waals surface area contributed by atoms with Crippen LogP contribution in [0.1, 0.15) is 10.4 Å². The maximum Gasteiger partial charge on any atom is 0.258 e. The fraction of sp³-hybridized carbons (Fsp3) is 0.273. The van der Waals surface area contributed by atoms with Crippen molar-refractivity contribution in [2.24, 2.45) is 7.05 Å². The normalized spacial score (nSPS) is 10.5. The minimum absolute atomic E-state index is 0.264. The number of fused-ring (bicyclic) bond motifs is 1. The van der Waals surface area contributed by atoms with Crippen molar-refractivity contribution in [1.29, 1.82) is 0 Å². The lowest BCUT2D eigenvalue weighted by atomic mass is 10.1. The zero-order valence-corrected chi connectivity index (χ0v) is 18.2. The Kier molecular flexibility index (Phi) is 6.24. The summed E-state index contributed by atoms with van der Waals surface area (Å²) in [6.45, 7) is 0. The van der Waals surface area contributed by atoms with Crippen molar-refractivity contribution in [2.75, 3.05) is 40.9 Å². The van der Waals surface area contributed by atoms with Gasteiger partial charge in [-0.3, -0.25) is 9.59 Å². The van der Waals surface area contributed by atoms with Crippen LogP contribution >= 0.6 is 0 Å². The maximum atomic E-state index is 13.2. The van der Waals surface area contributed by atoms with E-state index in [0.717, 1.165) is 0 Å². The van der Waals surface area contributed by atoms with Gasteiger partial charge in [-0.1, -0.05) is 0 Å². The minimum Gasteiger partial charge on any atom is -0.493 e. The van der Waals surface area contributed by atoms with Crippen LogP contribution in [0.15, 0.2) is 35.3 Å². The van der Waals surface area contributed by atoms with Gasteiger partial charge in [0.1, 0.15) is 0 Å². The lowest BCUT2D eigenvalue weighted by Gasteiger charge is -2.16. The molecule has 9 heteroatoms. The zero-order valence-electron chi connectivity index (χ0n) is 18.2. The first kappa shape index (κ1) is 21.8. The summed E-state index contributed by atoms with van der Waals surface area (Å²) in [6.07, 6.45) is 1.48. The Morgan fingerprint density at radius 3 is 1.77 bits per heavy atom. The summed E-state index contributed by atoms with van der Waals surface area (Å²) in [5, 5.41) is 3.59. The smallest absolute Gasteiger partial charge is 0.258 e. The van der Waals surface area contributed by atoms with Crippen LogP contribution in [0.25, 0.3) is 10.8 Å². The molecule has 1 amide bonds. The lowest BCUT2D eigenvalue weighted by Crippen LogP contribution is -2.21. The highest BCUT2D eigenvalue weighted by Gasteiger charge is 2.19. The van der Waals surface area contributed by atoms with E-state index in [1.807, 2.05) is 0 Å². The molecule has 0 bridgehead atoms. The molecule has 0 atom stereocenters. The van der Waals surface area contributed by atoms with E-state index in [1.165, 1.54) is 46.3 Å². The number of rotatable bonds is 7. The molecule has 0 aliphatic rings. The van der Waals surface area contributed by atoms with E-state index in [2.05, 4.69) is 5.32 Å². The van der Waals surface area contributed by atoms with Crippen LogP contribution in [-0.2, 0) is 7.05 Å². The predicted octanol–water partition coefficient (Wildman–Crippen LogP) is 2.83. The summed E-state index contributed by atoms with van der Waals surface area (Å²) in [6, 6.07) is 6.41. The first-order chi connectivity index (χ1) is 14.9. The highest BCUT2D eigenvalue weighted by Crippen LogP contribution is 2.40. The summed E-state index contributed by atoms with van der Waals surface area (Å²) < 4.78 is 28.0. The number of amides is 1. The number of aryl methyl sites for hydroxylation is 1. The van der Waals surface area contributed by atoms with Gasteiger partial charge < -0.3 is 33.6 Å². The molecule has 0 aliphatic carbocycles. The molecule has 0 aliphatic heterocycles. The lowest BCUT2D eigenvalue weighted by molar-refractivity contribution is 0.102. The molecule has 3 rings (SSSR count). The summed E-state index contributed by atoms with van der Waals surface area (Å²) in [7, 11) is 9.02. The number of hydrogen-bond donors (Lipinski definition) is 1. The van der Waals surface area contributed by atoms with Crippen LogP contribution in [0, 0.1) is 0 Å². The zero-order chi connectivity index (χ0) is 22.7. The quantitative estimate of drug-likeness (QED) is 0.618. The van der Waals surface area contributed by atoms with E-state index in [9.17, 15) is 9.59 Å². The average molecular weight is 428 g/mol. The van der Waals surface area contributed by atoms with E-state index in [1.54, 1.807) is 31.3 Å². The Morgan fingerprint density at radius 1 is 0.774 bits per heavy atom. The van der Waals surface area contributed by atoms with Gasteiger partial charge in [-0.15, -0.1) is 0 Å². The van der Waals surface area contributed by atoms with Gasteiger partial charge >= 0.3 is 0 Å². The minimum atomic E-state index is -0.429. The molecule has 1 heterocycles.